The van der Waals surface area contributed by atoms with Gasteiger partial charge in [-0.15, -0.1) is 0 Å². The van der Waals surface area contributed by atoms with Crippen molar-refractivity contribution in [1.29, 1.82) is 0 Å². The fourth-order valence-corrected chi connectivity index (χ4v) is 2.81. The maximum Gasteiger partial charge on any atom is 0.0599 e. The van der Waals surface area contributed by atoms with Gasteiger partial charge in [-0.25, -0.2) is 0 Å². The average molecular weight is 255 g/mol. The summed E-state index contributed by atoms with van der Waals surface area (Å²) in [5.74, 6) is 0. The van der Waals surface area contributed by atoms with Crippen LogP contribution in [0.1, 0.15) is 18.4 Å². The van der Waals surface area contributed by atoms with E-state index >= 15 is 0 Å². The Balaban J connectivity index is 1.62. The molecule has 0 saturated carbocycles. The molecule has 1 fully saturated rings. The fraction of sp³-hybridized carbons (Fsp3) is 0.412. The fourth-order valence-electron chi connectivity index (χ4n) is 2.81. The van der Waals surface area contributed by atoms with Crippen LogP contribution in [-0.4, -0.2) is 25.8 Å². The van der Waals surface area contributed by atoms with Crippen LogP contribution in [0.5, 0.6) is 0 Å². The molecule has 3 rings (SSSR count). The third kappa shape index (κ3) is 3.14. The van der Waals surface area contributed by atoms with Gasteiger partial charge >= 0.3 is 0 Å². The highest BCUT2D eigenvalue weighted by Gasteiger charge is 2.12. The van der Waals surface area contributed by atoms with Gasteiger partial charge in [0.15, 0.2) is 0 Å². The van der Waals surface area contributed by atoms with Crippen LogP contribution in [0.15, 0.2) is 42.5 Å². The summed E-state index contributed by atoms with van der Waals surface area (Å²) >= 11 is 0. The van der Waals surface area contributed by atoms with E-state index in [2.05, 4.69) is 47.8 Å². The monoisotopic (exact) mass is 255 g/mol. The van der Waals surface area contributed by atoms with Crippen LogP contribution in [0.3, 0.4) is 0 Å². The number of hydrogen-bond donors (Lipinski definition) is 1. The number of hydrogen-bond acceptors (Lipinski definition) is 2. The number of rotatable bonds is 4. The van der Waals surface area contributed by atoms with E-state index in [1.807, 2.05) is 0 Å². The second kappa shape index (κ2) is 6.18. The van der Waals surface area contributed by atoms with E-state index in [9.17, 15) is 0 Å². The zero-order valence-corrected chi connectivity index (χ0v) is 11.3. The highest BCUT2D eigenvalue weighted by Crippen LogP contribution is 2.19. The van der Waals surface area contributed by atoms with Crippen molar-refractivity contribution in [3.05, 3.63) is 48.0 Å². The smallest absolute Gasteiger partial charge is 0.0599 e. The van der Waals surface area contributed by atoms with Crippen LogP contribution in [0.4, 0.5) is 0 Å². The largest absolute Gasteiger partial charge is 0.378 e. The summed E-state index contributed by atoms with van der Waals surface area (Å²) in [5.41, 5.74) is 1.40. The summed E-state index contributed by atoms with van der Waals surface area (Å²) in [4.78, 5) is 0. The van der Waals surface area contributed by atoms with Crippen molar-refractivity contribution in [3.63, 3.8) is 0 Å². The first kappa shape index (κ1) is 12.6. The number of nitrogens with one attached hydrogen (secondary N) is 1. The normalized spacial score (nSPS) is 16.8. The predicted octanol–water partition coefficient (Wildman–Crippen LogP) is 3.15. The molecule has 19 heavy (non-hydrogen) atoms. The summed E-state index contributed by atoms with van der Waals surface area (Å²) in [5, 5.41) is 6.05. The van der Waals surface area contributed by atoms with Gasteiger partial charge in [-0.1, -0.05) is 42.5 Å². The molecule has 100 valence electrons. The maximum absolute atomic E-state index is 6.00. The molecule has 2 aromatic rings. The average Bonchev–Trinajstić information content (AvgIpc) is 2.49. The van der Waals surface area contributed by atoms with E-state index < -0.39 is 0 Å². The van der Waals surface area contributed by atoms with Crippen molar-refractivity contribution in [2.45, 2.75) is 25.4 Å². The molecule has 2 nitrogen and oxygen atoms in total. The molecular weight excluding hydrogens is 234 g/mol. The highest BCUT2D eigenvalue weighted by atomic mass is 16.5. The minimum atomic E-state index is 0.455. The van der Waals surface area contributed by atoms with Crippen molar-refractivity contribution in [2.75, 3.05) is 19.7 Å². The molecule has 1 aliphatic heterocycles. The Morgan fingerprint density at radius 3 is 2.68 bits per heavy atom. The van der Waals surface area contributed by atoms with Crippen LogP contribution in [0.2, 0.25) is 0 Å². The molecule has 0 spiro atoms. The van der Waals surface area contributed by atoms with Crippen LogP contribution in [0, 0.1) is 0 Å². The standard InChI is InChI=1S/C17H21NO/c1-2-7-17-14(4-1)5-3-6-15(17)10-13-19-16-8-11-18-12-9-16/h1-7,16,18H,8-13H2. The van der Waals surface area contributed by atoms with E-state index in [1.165, 1.54) is 16.3 Å². The lowest BCUT2D eigenvalue weighted by Gasteiger charge is -2.23. The third-order valence-electron chi connectivity index (χ3n) is 3.89. The molecule has 1 N–H and O–H groups in total. The molecule has 2 aromatic carbocycles. The van der Waals surface area contributed by atoms with Gasteiger partial charge in [-0.05, 0) is 48.7 Å². The van der Waals surface area contributed by atoms with E-state index in [0.717, 1.165) is 39.0 Å². The Bertz CT molecular complexity index is 526. The van der Waals surface area contributed by atoms with Gasteiger partial charge in [0.25, 0.3) is 0 Å². The molecular formula is C17H21NO. The topological polar surface area (TPSA) is 21.3 Å². The van der Waals surface area contributed by atoms with Crippen molar-refractivity contribution in [2.24, 2.45) is 0 Å². The van der Waals surface area contributed by atoms with Crippen molar-refractivity contribution < 1.29 is 4.74 Å². The Morgan fingerprint density at radius 1 is 1.00 bits per heavy atom. The SMILES string of the molecule is c1ccc2c(CCOC3CCNCC3)cccc2c1. The molecule has 0 atom stereocenters. The Morgan fingerprint density at radius 2 is 1.79 bits per heavy atom. The predicted molar refractivity (Wildman–Crippen MR) is 79.5 cm³/mol. The molecule has 0 bridgehead atoms. The highest BCUT2D eigenvalue weighted by molar-refractivity contribution is 5.85. The number of benzene rings is 2. The number of piperidine rings is 1. The molecule has 2 heteroatoms. The molecule has 1 heterocycles. The van der Waals surface area contributed by atoms with Crippen LogP contribution in [0.25, 0.3) is 10.8 Å². The van der Waals surface area contributed by atoms with Crippen LogP contribution in [-0.2, 0) is 11.2 Å². The number of ether oxygens (including phenoxy) is 1. The van der Waals surface area contributed by atoms with Crippen molar-refractivity contribution in [1.82, 2.24) is 5.32 Å². The van der Waals surface area contributed by atoms with Gasteiger partial charge < -0.3 is 10.1 Å². The Kier molecular flexibility index (Phi) is 4.11. The minimum Gasteiger partial charge on any atom is -0.378 e. The molecule has 0 amide bonds. The van der Waals surface area contributed by atoms with Gasteiger partial charge in [-0.3, -0.25) is 0 Å². The van der Waals surface area contributed by atoms with Crippen molar-refractivity contribution >= 4 is 10.8 Å². The van der Waals surface area contributed by atoms with Gasteiger partial charge in [0.2, 0.25) is 0 Å². The Hall–Kier alpha value is -1.38. The second-order valence-corrected chi connectivity index (χ2v) is 5.21. The van der Waals surface area contributed by atoms with E-state index in [4.69, 9.17) is 4.74 Å². The van der Waals surface area contributed by atoms with Crippen molar-refractivity contribution in [3.8, 4) is 0 Å². The maximum atomic E-state index is 6.00. The lowest BCUT2D eigenvalue weighted by molar-refractivity contribution is 0.0350. The third-order valence-corrected chi connectivity index (χ3v) is 3.89. The van der Waals surface area contributed by atoms with Gasteiger partial charge in [0, 0.05) is 0 Å². The minimum absolute atomic E-state index is 0.455. The van der Waals surface area contributed by atoms with Gasteiger partial charge in [0.1, 0.15) is 0 Å². The summed E-state index contributed by atoms with van der Waals surface area (Å²) in [6, 6.07) is 15.1. The van der Waals surface area contributed by atoms with E-state index in [-0.39, 0.29) is 0 Å². The first-order valence-electron chi connectivity index (χ1n) is 7.22. The molecule has 1 saturated heterocycles. The summed E-state index contributed by atoms with van der Waals surface area (Å²) in [7, 11) is 0. The van der Waals surface area contributed by atoms with Crippen LogP contribution < -0.4 is 5.32 Å². The summed E-state index contributed by atoms with van der Waals surface area (Å²) < 4.78 is 6.00. The first-order valence-corrected chi connectivity index (χ1v) is 7.22. The Labute approximate surface area is 114 Å². The molecule has 0 aliphatic carbocycles. The summed E-state index contributed by atoms with van der Waals surface area (Å²) in [6.07, 6.45) is 3.76. The zero-order valence-electron chi connectivity index (χ0n) is 11.3. The van der Waals surface area contributed by atoms with Gasteiger partial charge in [0.05, 0.1) is 12.7 Å². The zero-order chi connectivity index (χ0) is 12.9. The van der Waals surface area contributed by atoms with E-state index in [0.29, 0.717) is 6.10 Å². The molecule has 0 unspecified atom stereocenters. The van der Waals surface area contributed by atoms with Gasteiger partial charge in [-0.2, -0.15) is 0 Å². The quantitative estimate of drug-likeness (QED) is 0.906. The molecule has 0 radical (unpaired) electrons. The van der Waals surface area contributed by atoms with Crippen LogP contribution >= 0.6 is 0 Å². The number of fused-ring (bicyclic) bond motifs is 1. The lowest BCUT2D eigenvalue weighted by Crippen LogP contribution is -2.32. The first-order chi connectivity index (χ1) is 9.43. The molecule has 1 aliphatic rings. The summed E-state index contributed by atoms with van der Waals surface area (Å²) in [6.45, 7) is 3.02. The lowest BCUT2D eigenvalue weighted by atomic mass is 10.0. The molecule has 0 aromatic heterocycles. The second-order valence-electron chi connectivity index (χ2n) is 5.21. The van der Waals surface area contributed by atoms with E-state index in [1.54, 1.807) is 0 Å².